The number of carbonyl (C=O) groups excluding carboxylic acids is 1. The average molecular weight is 489 g/mol. The van der Waals surface area contributed by atoms with Gasteiger partial charge in [0, 0.05) is 0 Å². The highest BCUT2D eigenvalue weighted by Gasteiger charge is 2.09. The zero-order valence-corrected chi connectivity index (χ0v) is 21.8. The molecule has 3 rings (SSSR count). The molecule has 0 aliphatic heterocycles. The molecule has 4 heteroatoms. The molecular weight excluding hydrogens is 448 g/mol. The van der Waals surface area contributed by atoms with Crippen molar-refractivity contribution in [3.8, 4) is 28.4 Å². The molecule has 0 amide bonds. The van der Waals surface area contributed by atoms with Crippen molar-refractivity contribution in [3.05, 3.63) is 78.4 Å². The Labute approximate surface area is 216 Å². The van der Waals surface area contributed by atoms with E-state index in [0.29, 0.717) is 17.9 Å². The van der Waals surface area contributed by atoms with Gasteiger partial charge in [0.2, 0.25) is 0 Å². The minimum atomic E-state index is -0.378. The summed E-state index contributed by atoms with van der Waals surface area (Å²) in [5, 5.41) is 0. The van der Waals surface area contributed by atoms with Gasteiger partial charge < -0.3 is 14.2 Å². The Bertz CT molecular complexity index is 1010. The average Bonchev–Trinajstić information content (AvgIpc) is 2.92. The number of ether oxygens (including phenoxy) is 3. The zero-order valence-electron chi connectivity index (χ0n) is 21.8. The van der Waals surface area contributed by atoms with E-state index < -0.39 is 0 Å². The van der Waals surface area contributed by atoms with E-state index in [0.717, 1.165) is 48.5 Å². The molecule has 0 aliphatic rings. The van der Waals surface area contributed by atoms with Crippen LogP contribution in [0.25, 0.3) is 11.1 Å². The Balaban J connectivity index is 1.44. The first-order valence-corrected chi connectivity index (χ1v) is 13.5. The Kier molecular flexibility index (Phi) is 11.9. The fourth-order valence-electron chi connectivity index (χ4n) is 3.93. The lowest BCUT2D eigenvalue weighted by molar-refractivity contribution is 0.0734. The van der Waals surface area contributed by atoms with Gasteiger partial charge in [-0.25, -0.2) is 4.79 Å². The lowest BCUT2D eigenvalue weighted by atomic mass is 10.0. The number of esters is 1. The molecule has 0 saturated carbocycles. The Morgan fingerprint density at radius 1 is 0.528 bits per heavy atom. The van der Waals surface area contributed by atoms with Crippen LogP contribution in [0.2, 0.25) is 0 Å². The van der Waals surface area contributed by atoms with Crippen LogP contribution in [0, 0.1) is 0 Å². The van der Waals surface area contributed by atoms with E-state index in [1.165, 1.54) is 38.5 Å². The van der Waals surface area contributed by atoms with Crippen molar-refractivity contribution in [2.45, 2.75) is 71.6 Å². The first-order valence-electron chi connectivity index (χ1n) is 13.5. The molecule has 3 aromatic carbocycles. The molecule has 0 radical (unpaired) electrons. The van der Waals surface area contributed by atoms with Gasteiger partial charge in [0.05, 0.1) is 18.8 Å². The monoisotopic (exact) mass is 488 g/mol. The van der Waals surface area contributed by atoms with Crippen molar-refractivity contribution in [2.24, 2.45) is 0 Å². The molecule has 0 unspecified atom stereocenters. The van der Waals surface area contributed by atoms with Crippen molar-refractivity contribution >= 4 is 5.97 Å². The molecule has 0 fully saturated rings. The third-order valence-corrected chi connectivity index (χ3v) is 6.13. The topological polar surface area (TPSA) is 44.8 Å². The predicted octanol–water partition coefficient (Wildman–Crippen LogP) is 8.88. The Morgan fingerprint density at radius 3 is 1.53 bits per heavy atom. The van der Waals surface area contributed by atoms with Crippen LogP contribution in [0.3, 0.4) is 0 Å². The number of unbranched alkanes of at least 4 members (excludes halogenated alkanes) is 7. The summed E-state index contributed by atoms with van der Waals surface area (Å²) in [6.45, 7) is 5.87. The fourth-order valence-corrected chi connectivity index (χ4v) is 3.93. The number of rotatable bonds is 16. The van der Waals surface area contributed by atoms with Crippen LogP contribution in [0.15, 0.2) is 72.8 Å². The number of hydrogen-bond acceptors (Lipinski definition) is 4. The van der Waals surface area contributed by atoms with Crippen LogP contribution >= 0.6 is 0 Å². The van der Waals surface area contributed by atoms with Gasteiger partial charge in [-0.05, 0) is 72.5 Å². The van der Waals surface area contributed by atoms with Gasteiger partial charge in [-0.2, -0.15) is 0 Å². The van der Waals surface area contributed by atoms with Crippen LogP contribution in [0.4, 0.5) is 0 Å². The van der Waals surface area contributed by atoms with E-state index >= 15 is 0 Å². The number of hydrogen-bond donors (Lipinski definition) is 0. The van der Waals surface area contributed by atoms with Crippen molar-refractivity contribution in [1.29, 1.82) is 0 Å². The van der Waals surface area contributed by atoms with Crippen LogP contribution in [-0.4, -0.2) is 19.2 Å². The van der Waals surface area contributed by atoms with Crippen molar-refractivity contribution in [3.63, 3.8) is 0 Å². The second-order valence-corrected chi connectivity index (χ2v) is 9.13. The van der Waals surface area contributed by atoms with E-state index in [4.69, 9.17) is 14.2 Å². The summed E-state index contributed by atoms with van der Waals surface area (Å²) in [6, 6.07) is 22.8. The lowest BCUT2D eigenvalue weighted by Crippen LogP contribution is -2.08. The van der Waals surface area contributed by atoms with Crippen LogP contribution in [-0.2, 0) is 0 Å². The molecule has 3 aromatic rings. The highest BCUT2D eigenvalue weighted by atomic mass is 16.5. The van der Waals surface area contributed by atoms with Crippen molar-refractivity contribution in [1.82, 2.24) is 0 Å². The first kappa shape index (κ1) is 27.3. The van der Waals surface area contributed by atoms with Gasteiger partial charge >= 0.3 is 5.97 Å². The predicted molar refractivity (Wildman–Crippen MR) is 147 cm³/mol. The summed E-state index contributed by atoms with van der Waals surface area (Å²) in [5.74, 6) is 1.80. The summed E-state index contributed by atoms with van der Waals surface area (Å²) in [4.78, 5) is 12.6. The second kappa shape index (κ2) is 15.7. The summed E-state index contributed by atoms with van der Waals surface area (Å²) < 4.78 is 17.1. The largest absolute Gasteiger partial charge is 0.494 e. The van der Waals surface area contributed by atoms with E-state index in [1.54, 1.807) is 24.3 Å². The molecule has 0 saturated heterocycles. The van der Waals surface area contributed by atoms with Crippen molar-refractivity contribution < 1.29 is 19.0 Å². The third-order valence-electron chi connectivity index (χ3n) is 6.13. The smallest absolute Gasteiger partial charge is 0.343 e. The molecule has 0 aromatic heterocycles. The van der Waals surface area contributed by atoms with Gasteiger partial charge in [-0.15, -0.1) is 0 Å². The van der Waals surface area contributed by atoms with Crippen LogP contribution in [0.5, 0.6) is 17.2 Å². The molecule has 0 aliphatic carbocycles. The van der Waals surface area contributed by atoms with Gasteiger partial charge in [-0.3, -0.25) is 0 Å². The SMILES string of the molecule is CCCCCCCCOc1ccc(-c2ccc(C(=O)Oc3ccc(OCCCCC)cc3)cc2)cc1. The van der Waals surface area contributed by atoms with E-state index in [-0.39, 0.29) is 5.97 Å². The molecular formula is C32H40O4. The maximum absolute atomic E-state index is 12.6. The molecule has 0 atom stereocenters. The molecule has 0 spiro atoms. The van der Waals surface area contributed by atoms with Gasteiger partial charge in [0.25, 0.3) is 0 Å². The quantitative estimate of drug-likeness (QED) is 0.115. The van der Waals surface area contributed by atoms with Crippen LogP contribution < -0.4 is 14.2 Å². The molecule has 0 heterocycles. The highest BCUT2D eigenvalue weighted by Crippen LogP contribution is 2.24. The van der Waals surface area contributed by atoms with Gasteiger partial charge in [0.1, 0.15) is 17.2 Å². The zero-order chi connectivity index (χ0) is 25.4. The van der Waals surface area contributed by atoms with E-state index in [1.807, 2.05) is 36.4 Å². The number of carbonyl (C=O) groups is 1. The normalized spacial score (nSPS) is 10.7. The maximum Gasteiger partial charge on any atom is 0.343 e. The van der Waals surface area contributed by atoms with Crippen molar-refractivity contribution in [2.75, 3.05) is 13.2 Å². The Hall–Kier alpha value is -3.27. The molecule has 0 N–H and O–H groups in total. The summed E-state index contributed by atoms with van der Waals surface area (Å²) in [5.41, 5.74) is 2.63. The third kappa shape index (κ3) is 9.41. The van der Waals surface area contributed by atoms with Crippen LogP contribution in [0.1, 0.15) is 82.0 Å². The molecule has 192 valence electrons. The number of benzene rings is 3. The summed E-state index contributed by atoms with van der Waals surface area (Å²) in [7, 11) is 0. The molecule has 36 heavy (non-hydrogen) atoms. The van der Waals surface area contributed by atoms with E-state index in [9.17, 15) is 4.79 Å². The minimum Gasteiger partial charge on any atom is -0.494 e. The summed E-state index contributed by atoms with van der Waals surface area (Å²) in [6.07, 6.45) is 10.9. The maximum atomic E-state index is 12.6. The second-order valence-electron chi connectivity index (χ2n) is 9.13. The Morgan fingerprint density at radius 2 is 0.944 bits per heavy atom. The molecule has 4 nitrogen and oxygen atoms in total. The molecule has 0 bridgehead atoms. The minimum absolute atomic E-state index is 0.378. The lowest BCUT2D eigenvalue weighted by Gasteiger charge is -2.09. The highest BCUT2D eigenvalue weighted by molar-refractivity contribution is 5.91. The van der Waals surface area contributed by atoms with Gasteiger partial charge in [-0.1, -0.05) is 83.1 Å². The fraction of sp³-hybridized carbons (Fsp3) is 0.406. The standard InChI is InChI=1S/C32H40O4/c1-3-5-7-8-9-11-25-35-29-18-16-27(17-19-29)26-12-14-28(15-13-26)32(33)36-31-22-20-30(21-23-31)34-24-10-6-4-2/h12-23H,3-11,24-25H2,1-2H3. The van der Waals surface area contributed by atoms with Gasteiger partial charge in [0.15, 0.2) is 0 Å². The summed E-state index contributed by atoms with van der Waals surface area (Å²) >= 11 is 0. The first-order chi connectivity index (χ1) is 17.7. The van der Waals surface area contributed by atoms with E-state index in [2.05, 4.69) is 26.0 Å².